The number of hydrogen-bond acceptors (Lipinski definition) is 2. The van der Waals surface area contributed by atoms with Gasteiger partial charge in [-0.25, -0.2) is 0 Å². The zero-order valence-electron chi connectivity index (χ0n) is 6.18. The molecule has 10 heavy (non-hydrogen) atoms. The van der Waals surface area contributed by atoms with E-state index in [-0.39, 0.29) is 0 Å². The molecule has 0 fully saturated rings. The maximum atomic E-state index is 7.27. The van der Waals surface area contributed by atoms with Crippen molar-refractivity contribution >= 4 is 5.71 Å². The molecule has 1 N–H and O–H groups in total. The summed E-state index contributed by atoms with van der Waals surface area (Å²) in [5.74, 6) is 0. The summed E-state index contributed by atoms with van der Waals surface area (Å²) in [4.78, 5) is 4.06. The summed E-state index contributed by atoms with van der Waals surface area (Å²) >= 11 is 0. The molecule has 1 aromatic heterocycles. The SMILES string of the molecule is CC(=N)c1ccc(C)nc1. The van der Waals surface area contributed by atoms with Crippen LogP contribution in [0.25, 0.3) is 0 Å². The first kappa shape index (κ1) is 6.93. The van der Waals surface area contributed by atoms with Gasteiger partial charge in [-0.15, -0.1) is 0 Å². The number of aromatic nitrogens is 1. The Hall–Kier alpha value is -1.18. The summed E-state index contributed by atoms with van der Waals surface area (Å²) in [5.41, 5.74) is 2.45. The summed E-state index contributed by atoms with van der Waals surface area (Å²) in [7, 11) is 0. The first-order chi connectivity index (χ1) is 4.70. The maximum absolute atomic E-state index is 7.27. The second-order valence-corrected chi connectivity index (χ2v) is 2.31. The van der Waals surface area contributed by atoms with E-state index in [2.05, 4.69) is 4.98 Å². The summed E-state index contributed by atoms with van der Waals surface area (Å²) in [6.45, 7) is 3.69. The average Bonchev–Trinajstić information content (AvgIpc) is 1.88. The van der Waals surface area contributed by atoms with Gasteiger partial charge in [-0.1, -0.05) is 0 Å². The molecule has 2 nitrogen and oxygen atoms in total. The van der Waals surface area contributed by atoms with Crippen molar-refractivity contribution < 1.29 is 0 Å². The Labute approximate surface area is 60.4 Å². The smallest absolute Gasteiger partial charge is 0.0373 e. The van der Waals surface area contributed by atoms with Crippen molar-refractivity contribution in [2.75, 3.05) is 0 Å². The molecular weight excluding hydrogens is 124 g/mol. The van der Waals surface area contributed by atoms with Crippen molar-refractivity contribution in [2.45, 2.75) is 13.8 Å². The van der Waals surface area contributed by atoms with E-state index in [1.54, 1.807) is 13.1 Å². The number of rotatable bonds is 1. The lowest BCUT2D eigenvalue weighted by atomic mass is 10.2. The Balaban J connectivity index is 3.00. The predicted molar refractivity (Wildman–Crippen MR) is 41.5 cm³/mol. The Morgan fingerprint density at radius 1 is 1.50 bits per heavy atom. The van der Waals surface area contributed by atoms with Gasteiger partial charge in [0.15, 0.2) is 0 Å². The van der Waals surface area contributed by atoms with Gasteiger partial charge in [0, 0.05) is 23.2 Å². The highest BCUT2D eigenvalue weighted by molar-refractivity contribution is 5.95. The predicted octanol–water partition coefficient (Wildman–Crippen LogP) is 1.78. The molecule has 0 unspecified atom stereocenters. The van der Waals surface area contributed by atoms with Crippen LogP contribution in [0.2, 0.25) is 0 Å². The lowest BCUT2D eigenvalue weighted by Gasteiger charge is -1.95. The minimum Gasteiger partial charge on any atom is -0.305 e. The van der Waals surface area contributed by atoms with Gasteiger partial charge >= 0.3 is 0 Å². The number of nitrogens with one attached hydrogen (secondary N) is 1. The zero-order chi connectivity index (χ0) is 7.56. The van der Waals surface area contributed by atoms with E-state index in [0.29, 0.717) is 5.71 Å². The fourth-order valence-electron chi connectivity index (χ4n) is 0.690. The van der Waals surface area contributed by atoms with Crippen molar-refractivity contribution in [3.05, 3.63) is 29.6 Å². The van der Waals surface area contributed by atoms with Crippen LogP contribution in [-0.2, 0) is 0 Å². The highest BCUT2D eigenvalue weighted by Crippen LogP contribution is 1.98. The van der Waals surface area contributed by atoms with Crippen molar-refractivity contribution in [1.82, 2.24) is 4.98 Å². The highest BCUT2D eigenvalue weighted by Gasteiger charge is 1.92. The summed E-state index contributed by atoms with van der Waals surface area (Å²) in [6, 6.07) is 3.82. The second-order valence-electron chi connectivity index (χ2n) is 2.31. The number of pyridine rings is 1. The third-order valence-electron chi connectivity index (χ3n) is 1.34. The van der Waals surface area contributed by atoms with Gasteiger partial charge in [-0.2, -0.15) is 0 Å². The van der Waals surface area contributed by atoms with E-state index in [1.165, 1.54) is 0 Å². The lowest BCUT2D eigenvalue weighted by Crippen LogP contribution is -1.92. The minimum atomic E-state index is 0.563. The molecule has 0 spiro atoms. The standard InChI is InChI=1S/C8H10N2/c1-6-3-4-8(5-10-6)7(2)9/h3-5,9H,1-2H3. The molecule has 0 saturated carbocycles. The third-order valence-corrected chi connectivity index (χ3v) is 1.34. The van der Waals surface area contributed by atoms with Crippen LogP contribution in [0.15, 0.2) is 18.3 Å². The number of aryl methyl sites for hydroxylation is 1. The minimum absolute atomic E-state index is 0.563. The van der Waals surface area contributed by atoms with Crippen LogP contribution in [0.5, 0.6) is 0 Å². The second kappa shape index (κ2) is 2.60. The maximum Gasteiger partial charge on any atom is 0.0373 e. The van der Waals surface area contributed by atoms with Crippen molar-refractivity contribution in [3.8, 4) is 0 Å². The fourth-order valence-corrected chi connectivity index (χ4v) is 0.690. The van der Waals surface area contributed by atoms with Gasteiger partial charge in [0.05, 0.1) is 0 Å². The molecule has 0 radical (unpaired) electrons. The van der Waals surface area contributed by atoms with Crippen LogP contribution in [0.1, 0.15) is 18.2 Å². The topological polar surface area (TPSA) is 36.7 Å². The Kier molecular flexibility index (Phi) is 1.81. The highest BCUT2D eigenvalue weighted by atomic mass is 14.7. The van der Waals surface area contributed by atoms with Crippen molar-refractivity contribution in [1.29, 1.82) is 5.41 Å². The molecule has 1 aromatic rings. The fraction of sp³-hybridized carbons (Fsp3) is 0.250. The molecule has 1 heterocycles. The summed E-state index contributed by atoms with van der Waals surface area (Å²) < 4.78 is 0. The van der Waals surface area contributed by atoms with Crippen LogP contribution in [-0.4, -0.2) is 10.7 Å². The van der Waals surface area contributed by atoms with Gasteiger partial charge in [-0.05, 0) is 26.0 Å². The van der Waals surface area contributed by atoms with E-state index in [0.717, 1.165) is 11.3 Å². The molecule has 0 aliphatic heterocycles. The molecule has 0 saturated heterocycles. The van der Waals surface area contributed by atoms with E-state index >= 15 is 0 Å². The normalized spacial score (nSPS) is 9.40. The molecule has 2 heteroatoms. The lowest BCUT2D eigenvalue weighted by molar-refractivity contribution is 1.19. The van der Waals surface area contributed by atoms with Gasteiger partial charge in [0.25, 0.3) is 0 Å². The number of nitrogens with zero attached hydrogens (tertiary/aromatic N) is 1. The molecule has 0 aliphatic rings. The van der Waals surface area contributed by atoms with Crippen molar-refractivity contribution in [3.63, 3.8) is 0 Å². The molecular formula is C8H10N2. The quantitative estimate of drug-likeness (QED) is 0.584. The Morgan fingerprint density at radius 2 is 2.20 bits per heavy atom. The van der Waals surface area contributed by atoms with Crippen LogP contribution in [0.4, 0.5) is 0 Å². The van der Waals surface area contributed by atoms with Crippen LogP contribution < -0.4 is 0 Å². The summed E-state index contributed by atoms with van der Waals surface area (Å²) in [6.07, 6.45) is 1.72. The molecule has 0 atom stereocenters. The molecule has 0 aromatic carbocycles. The molecule has 0 amide bonds. The summed E-state index contributed by atoms with van der Waals surface area (Å²) in [5, 5.41) is 7.27. The Morgan fingerprint density at radius 3 is 2.60 bits per heavy atom. The van der Waals surface area contributed by atoms with Crippen molar-refractivity contribution in [2.24, 2.45) is 0 Å². The van der Waals surface area contributed by atoms with Gasteiger partial charge < -0.3 is 5.41 Å². The van der Waals surface area contributed by atoms with Crippen LogP contribution in [0, 0.1) is 12.3 Å². The third kappa shape index (κ3) is 1.41. The monoisotopic (exact) mass is 134 g/mol. The molecule has 0 bridgehead atoms. The van der Waals surface area contributed by atoms with Gasteiger partial charge in [0.2, 0.25) is 0 Å². The largest absolute Gasteiger partial charge is 0.305 e. The zero-order valence-corrected chi connectivity index (χ0v) is 6.18. The van der Waals surface area contributed by atoms with Gasteiger partial charge in [0.1, 0.15) is 0 Å². The van der Waals surface area contributed by atoms with Crippen LogP contribution >= 0.6 is 0 Å². The molecule has 0 aliphatic carbocycles. The molecule has 52 valence electrons. The van der Waals surface area contributed by atoms with E-state index in [4.69, 9.17) is 5.41 Å². The van der Waals surface area contributed by atoms with E-state index in [9.17, 15) is 0 Å². The van der Waals surface area contributed by atoms with E-state index < -0.39 is 0 Å². The first-order valence-electron chi connectivity index (χ1n) is 3.18. The number of hydrogen-bond donors (Lipinski definition) is 1. The first-order valence-corrected chi connectivity index (χ1v) is 3.18. The van der Waals surface area contributed by atoms with Crippen LogP contribution in [0.3, 0.4) is 0 Å². The average molecular weight is 134 g/mol. The Bertz CT molecular complexity index is 236. The molecule has 1 rings (SSSR count). The van der Waals surface area contributed by atoms with E-state index in [1.807, 2.05) is 19.1 Å². The van der Waals surface area contributed by atoms with Gasteiger partial charge in [-0.3, -0.25) is 4.98 Å².